The fraction of sp³-hybridized carbons (Fsp3) is 0.500. The maximum atomic E-state index is 3.53. The minimum absolute atomic E-state index is 1.75. The van der Waals surface area contributed by atoms with Gasteiger partial charge < -0.3 is 4.58 Å². The van der Waals surface area contributed by atoms with Gasteiger partial charge in [-0.2, -0.15) is 0 Å². The Balaban J connectivity index is 2.85. The molecule has 0 rings (SSSR count). The molecule has 0 fully saturated rings. The van der Waals surface area contributed by atoms with Crippen molar-refractivity contribution in [3.63, 3.8) is 0 Å². The Kier molecular flexibility index (Phi) is 1.65. The van der Waals surface area contributed by atoms with Gasteiger partial charge in [-0.3, -0.25) is 0 Å². The van der Waals surface area contributed by atoms with Gasteiger partial charge in [-0.1, -0.05) is 6.92 Å². The van der Waals surface area contributed by atoms with Gasteiger partial charge >= 0.3 is 0 Å². The first-order valence-electron chi connectivity index (χ1n) is 1.60. The zero-order valence-electron chi connectivity index (χ0n) is 3.73. The van der Waals surface area contributed by atoms with Crippen LogP contribution in [0.2, 0.25) is 0 Å². The summed E-state index contributed by atoms with van der Waals surface area (Å²) in [4.78, 5) is 0. The summed E-state index contributed by atoms with van der Waals surface area (Å²) in [7, 11) is 1.89. The van der Waals surface area contributed by atoms with Crippen molar-refractivity contribution < 1.29 is 4.58 Å². The van der Waals surface area contributed by atoms with E-state index in [-0.39, 0.29) is 0 Å². The maximum Gasteiger partial charge on any atom is 0.104 e. The molecule has 0 bridgehead atoms. The summed E-state index contributed by atoms with van der Waals surface area (Å²) in [6, 6.07) is 0. The van der Waals surface area contributed by atoms with Crippen molar-refractivity contribution in [2.75, 3.05) is 7.05 Å². The molecule has 0 aliphatic rings. The van der Waals surface area contributed by atoms with Gasteiger partial charge in [-0.15, -0.1) is 0 Å². The van der Waals surface area contributed by atoms with Crippen LogP contribution in [0.1, 0.15) is 6.92 Å². The lowest BCUT2D eigenvalue weighted by atomic mass is 10.7. The van der Waals surface area contributed by atoms with Crippen LogP contribution in [0, 0.1) is 6.54 Å². The van der Waals surface area contributed by atoms with Crippen LogP contribution in [0.3, 0.4) is 0 Å². The SMILES string of the molecule is C=[N+](C)[CH-]C. The van der Waals surface area contributed by atoms with Crippen molar-refractivity contribution in [1.82, 2.24) is 0 Å². The predicted molar refractivity (Wildman–Crippen MR) is 23.3 cm³/mol. The lowest BCUT2D eigenvalue weighted by Crippen LogP contribution is -1.90. The minimum atomic E-state index is 1.75. The van der Waals surface area contributed by atoms with Crippen molar-refractivity contribution in [2.45, 2.75) is 6.92 Å². The van der Waals surface area contributed by atoms with Crippen molar-refractivity contribution in [3.8, 4) is 0 Å². The molecule has 0 saturated heterocycles. The second-order valence-corrected chi connectivity index (χ2v) is 1.02. The lowest BCUT2D eigenvalue weighted by Gasteiger charge is -1.89. The van der Waals surface area contributed by atoms with Crippen molar-refractivity contribution in [3.05, 3.63) is 6.54 Å². The van der Waals surface area contributed by atoms with E-state index in [0.717, 1.165) is 0 Å². The van der Waals surface area contributed by atoms with E-state index in [0.29, 0.717) is 0 Å². The second kappa shape index (κ2) is 1.82. The van der Waals surface area contributed by atoms with Crippen LogP contribution in [0.4, 0.5) is 0 Å². The molecule has 0 aromatic heterocycles. The molecule has 0 aliphatic heterocycles. The highest BCUT2D eigenvalue weighted by molar-refractivity contribution is 5.14. The van der Waals surface area contributed by atoms with E-state index in [9.17, 15) is 0 Å². The average molecular weight is 71.1 g/mol. The third-order valence-electron chi connectivity index (χ3n) is 0.441. The monoisotopic (exact) mass is 71.1 g/mol. The van der Waals surface area contributed by atoms with E-state index >= 15 is 0 Å². The Morgan fingerprint density at radius 2 is 2.00 bits per heavy atom. The predicted octanol–water partition coefficient (Wildman–Crippen LogP) is 0.511. The Morgan fingerprint density at radius 3 is 2.00 bits per heavy atom. The van der Waals surface area contributed by atoms with Crippen LogP contribution >= 0.6 is 0 Å². The Labute approximate surface area is 32.9 Å². The highest BCUT2D eigenvalue weighted by atomic mass is 14.9. The molecule has 0 spiro atoms. The zero-order valence-corrected chi connectivity index (χ0v) is 3.73. The van der Waals surface area contributed by atoms with Crippen molar-refractivity contribution >= 4 is 6.72 Å². The minimum Gasteiger partial charge on any atom is -0.374 e. The van der Waals surface area contributed by atoms with E-state index in [2.05, 4.69) is 6.72 Å². The lowest BCUT2D eigenvalue weighted by molar-refractivity contribution is -0.443. The Hall–Kier alpha value is -0.460. The molecule has 0 radical (unpaired) electrons. The molecule has 0 unspecified atom stereocenters. The molecule has 0 N–H and O–H groups in total. The molecule has 0 amide bonds. The van der Waals surface area contributed by atoms with Crippen LogP contribution in [0.15, 0.2) is 0 Å². The number of rotatable bonds is 1. The van der Waals surface area contributed by atoms with Gasteiger partial charge in [0.2, 0.25) is 0 Å². The van der Waals surface area contributed by atoms with E-state index in [1.165, 1.54) is 0 Å². The summed E-state index contributed by atoms with van der Waals surface area (Å²) < 4.78 is 1.75. The molecule has 5 heavy (non-hydrogen) atoms. The van der Waals surface area contributed by atoms with Crippen molar-refractivity contribution in [1.29, 1.82) is 0 Å². The van der Waals surface area contributed by atoms with Gasteiger partial charge in [0.25, 0.3) is 0 Å². The van der Waals surface area contributed by atoms with Crippen LogP contribution in [0.5, 0.6) is 0 Å². The number of hydrogen-bond donors (Lipinski definition) is 0. The topological polar surface area (TPSA) is 3.01 Å². The van der Waals surface area contributed by atoms with E-state index in [4.69, 9.17) is 0 Å². The normalized spacial score (nSPS) is 6.80. The van der Waals surface area contributed by atoms with Gasteiger partial charge in [-0.05, 0) is 13.3 Å². The third-order valence-corrected chi connectivity index (χ3v) is 0.441. The fourth-order valence-electron chi connectivity index (χ4n) is 0. The summed E-state index contributed by atoms with van der Waals surface area (Å²) in [5.74, 6) is 0. The standard InChI is InChI=1S/C4H9N/c1-4-5(2)3/h4H,2H2,1,3H3. The van der Waals surface area contributed by atoms with Crippen molar-refractivity contribution in [2.24, 2.45) is 0 Å². The largest absolute Gasteiger partial charge is 0.374 e. The second-order valence-electron chi connectivity index (χ2n) is 1.02. The third kappa shape index (κ3) is 3.54. The Morgan fingerprint density at radius 1 is 1.80 bits per heavy atom. The molecular weight excluding hydrogens is 62.1 g/mol. The number of hydrogen-bond acceptors (Lipinski definition) is 0. The quantitative estimate of drug-likeness (QED) is 0.241. The summed E-state index contributed by atoms with van der Waals surface area (Å²) in [5, 5.41) is 0. The summed E-state index contributed by atoms with van der Waals surface area (Å²) in [6.45, 7) is 7.36. The van der Waals surface area contributed by atoms with E-state index in [1.807, 2.05) is 20.5 Å². The summed E-state index contributed by atoms with van der Waals surface area (Å²) in [5.41, 5.74) is 0. The molecule has 0 atom stereocenters. The van der Waals surface area contributed by atoms with Gasteiger partial charge in [0, 0.05) is 0 Å². The molecule has 0 heterocycles. The molecule has 0 aromatic carbocycles. The van der Waals surface area contributed by atoms with Gasteiger partial charge in [0.1, 0.15) is 7.05 Å². The number of nitrogens with zero attached hydrogens (tertiary/aromatic N) is 1. The fourth-order valence-corrected chi connectivity index (χ4v) is 0. The first-order valence-corrected chi connectivity index (χ1v) is 1.60. The Bertz CT molecular complexity index is 38.9. The highest BCUT2D eigenvalue weighted by Gasteiger charge is 1.60. The van der Waals surface area contributed by atoms with E-state index < -0.39 is 0 Å². The zero-order chi connectivity index (χ0) is 4.28. The van der Waals surface area contributed by atoms with E-state index in [1.54, 1.807) is 4.58 Å². The van der Waals surface area contributed by atoms with Crippen LogP contribution in [0.25, 0.3) is 0 Å². The van der Waals surface area contributed by atoms with Gasteiger partial charge in [-0.25, -0.2) is 0 Å². The highest BCUT2D eigenvalue weighted by Crippen LogP contribution is 1.63. The molecule has 0 saturated carbocycles. The van der Waals surface area contributed by atoms with Crippen LogP contribution in [-0.2, 0) is 0 Å². The maximum absolute atomic E-state index is 3.53. The molecule has 1 heteroatoms. The molecule has 1 nitrogen and oxygen atoms in total. The first kappa shape index (κ1) is 4.54. The molecule has 30 valence electrons. The van der Waals surface area contributed by atoms with Crippen LogP contribution < -0.4 is 0 Å². The van der Waals surface area contributed by atoms with Gasteiger partial charge in [0.15, 0.2) is 0 Å². The molecule has 0 aliphatic carbocycles. The van der Waals surface area contributed by atoms with Crippen LogP contribution in [-0.4, -0.2) is 18.3 Å². The summed E-state index contributed by atoms with van der Waals surface area (Å²) >= 11 is 0. The first-order chi connectivity index (χ1) is 2.27. The average Bonchev–Trinajstić information content (AvgIpc) is 1.38. The molecular formula is C4H9N. The smallest absolute Gasteiger partial charge is 0.104 e. The summed E-state index contributed by atoms with van der Waals surface area (Å²) in [6.07, 6.45) is 0. The molecule has 0 aromatic rings. The van der Waals surface area contributed by atoms with Gasteiger partial charge in [0.05, 0.1) is 0 Å².